The lowest BCUT2D eigenvalue weighted by Crippen LogP contribution is -2.32. The Balaban J connectivity index is 1.28. The van der Waals surface area contributed by atoms with Crippen molar-refractivity contribution >= 4 is 17.1 Å². The van der Waals surface area contributed by atoms with E-state index < -0.39 is 0 Å². The summed E-state index contributed by atoms with van der Waals surface area (Å²) < 4.78 is 1.83. The van der Waals surface area contributed by atoms with Crippen molar-refractivity contribution in [1.29, 1.82) is 0 Å². The van der Waals surface area contributed by atoms with Gasteiger partial charge in [-0.25, -0.2) is 14.6 Å². The van der Waals surface area contributed by atoms with E-state index in [2.05, 4.69) is 39.4 Å². The van der Waals surface area contributed by atoms with Crippen LogP contribution in [0, 0.1) is 12.8 Å². The number of hydrogen-bond acceptors (Lipinski definition) is 4. The normalized spacial score (nSPS) is 19.6. The van der Waals surface area contributed by atoms with Gasteiger partial charge in [-0.1, -0.05) is 29.8 Å². The SMILES string of the molecule is Cc1ccc(CC(=O)NCC2CCC(c3nn(C)c4nccnc34)CC2)cc1. The fourth-order valence-electron chi connectivity index (χ4n) is 4.13. The molecule has 1 amide bonds. The van der Waals surface area contributed by atoms with Gasteiger partial charge in [-0.05, 0) is 44.1 Å². The van der Waals surface area contributed by atoms with Crippen molar-refractivity contribution in [2.45, 2.75) is 44.9 Å². The third kappa shape index (κ3) is 4.06. The Morgan fingerprint density at radius 1 is 1.11 bits per heavy atom. The Kier molecular flexibility index (Phi) is 5.37. The number of benzene rings is 1. The van der Waals surface area contributed by atoms with Gasteiger partial charge in [-0.2, -0.15) is 5.10 Å². The Labute approximate surface area is 165 Å². The maximum atomic E-state index is 12.2. The number of fused-ring (bicyclic) bond motifs is 1. The van der Waals surface area contributed by atoms with E-state index in [1.807, 2.05) is 23.9 Å². The summed E-state index contributed by atoms with van der Waals surface area (Å²) >= 11 is 0. The number of amides is 1. The van der Waals surface area contributed by atoms with Crippen LogP contribution in [-0.2, 0) is 18.3 Å². The van der Waals surface area contributed by atoms with Crippen molar-refractivity contribution in [3.05, 3.63) is 53.5 Å². The summed E-state index contributed by atoms with van der Waals surface area (Å²) in [5.74, 6) is 1.08. The average Bonchev–Trinajstić information content (AvgIpc) is 3.06. The van der Waals surface area contributed by atoms with Crippen molar-refractivity contribution in [2.75, 3.05) is 6.54 Å². The first-order valence-corrected chi connectivity index (χ1v) is 10.1. The molecule has 6 heteroatoms. The Bertz CT molecular complexity index is 955. The Morgan fingerprint density at radius 2 is 1.82 bits per heavy atom. The van der Waals surface area contributed by atoms with Gasteiger partial charge in [-0.15, -0.1) is 0 Å². The minimum Gasteiger partial charge on any atom is -0.356 e. The second-order valence-electron chi connectivity index (χ2n) is 7.92. The molecule has 0 aliphatic heterocycles. The summed E-state index contributed by atoms with van der Waals surface area (Å²) in [5, 5.41) is 7.81. The summed E-state index contributed by atoms with van der Waals surface area (Å²) in [7, 11) is 1.93. The molecule has 0 atom stereocenters. The molecule has 146 valence electrons. The van der Waals surface area contributed by atoms with Crippen molar-refractivity contribution in [2.24, 2.45) is 13.0 Å². The number of nitrogens with one attached hydrogen (secondary N) is 1. The standard InChI is InChI=1S/C22H27N5O/c1-15-3-5-16(6-4-15)13-19(28)25-14-17-7-9-18(10-8-17)20-21-22(27(2)26-20)24-12-11-23-21/h3-6,11-12,17-18H,7-10,13-14H2,1-2H3,(H,25,28). The second-order valence-corrected chi connectivity index (χ2v) is 7.92. The van der Waals surface area contributed by atoms with Crippen LogP contribution >= 0.6 is 0 Å². The molecule has 0 saturated heterocycles. The zero-order valence-corrected chi connectivity index (χ0v) is 16.6. The summed E-state index contributed by atoms with van der Waals surface area (Å²) in [6, 6.07) is 8.16. The molecular formula is C22H27N5O. The van der Waals surface area contributed by atoms with Gasteiger partial charge in [0.25, 0.3) is 0 Å². The molecule has 28 heavy (non-hydrogen) atoms. The summed E-state index contributed by atoms with van der Waals surface area (Å²) in [6.45, 7) is 2.82. The first-order valence-electron chi connectivity index (χ1n) is 10.1. The number of nitrogens with zero attached hydrogens (tertiary/aromatic N) is 4. The number of aromatic nitrogens is 4. The Hall–Kier alpha value is -2.76. The van der Waals surface area contributed by atoms with E-state index in [4.69, 9.17) is 0 Å². The van der Waals surface area contributed by atoms with E-state index in [1.54, 1.807) is 12.4 Å². The maximum absolute atomic E-state index is 12.2. The minimum absolute atomic E-state index is 0.108. The van der Waals surface area contributed by atoms with E-state index in [0.717, 1.165) is 54.6 Å². The van der Waals surface area contributed by atoms with E-state index in [0.29, 0.717) is 18.3 Å². The van der Waals surface area contributed by atoms with Crippen molar-refractivity contribution < 1.29 is 4.79 Å². The van der Waals surface area contributed by atoms with Gasteiger partial charge >= 0.3 is 0 Å². The van der Waals surface area contributed by atoms with Crippen LogP contribution in [0.3, 0.4) is 0 Å². The number of rotatable bonds is 5. The van der Waals surface area contributed by atoms with E-state index >= 15 is 0 Å². The molecule has 2 heterocycles. The predicted molar refractivity (Wildman–Crippen MR) is 109 cm³/mol. The molecule has 0 spiro atoms. The third-order valence-electron chi connectivity index (χ3n) is 5.79. The van der Waals surface area contributed by atoms with Crippen LogP contribution in [0.15, 0.2) is 36.7 Å². The van der Waals surface area contributed by atoms with Gasteiger partial charge in [0.05, 0.1) is 12.1 Å². The molecule has 6 nitrogen and oxygen atoms in total. The molecule has 2 aromatic heterocycles. The molecule has 0 unspecified atom stereocenters. The highest BCUT2D eigenvalue weighted by molar-refractivity contribution is 5.78. The highest BCUT2D eigenvalue weighted by Crippen LogP contribution is 2.36. The summed E-state index contributed by atoms with van der Waals surface area (Å²) in [5.41, 5.74) is 5.14. The van der Waals surface area contributed by atoms with Crippen LogP contribution in [0.5, 0.6) is 0 Å². The Morgan fingerprint density at radius 3 is 2.57 bits per heavy atom. The highest BCUT2D eigenvalue weighted by Gasteiger charge is 2.27. The van der Waals surface area contributed by atoms with Crippen LogP contribution in [0.2, 0.25) is 0 Å². The van der Waals surface area contributed by atoms with E-state index in [-0.39, 0.29) is 5.91 Å². The fraction of sp³-hybridized carbons (Fsp3) is 0.455. The number of aryl methyl sites for hydroxylation is 2. The maximum Gasteiger partial charge on any atom is 0.224 e. The van der Waals surface area contributed by atoms with E-state index in [9.17, 15) is 4.79 Å². The smallest absolute Gasteiger partial charge is 0.224 e. The molecular weight excluding hydrogens is 350 g/mol. The lowest BCUT2D eigenvalue weighted by molar-refractivity contribution is -0.120. The lowest BCUT2D eigenvalue weighted by Gasteiger charge is -2.27. The molecule has 1 N–H and O–H groups in total. The predicted octanol–water partition coefficient (Wildman–Crippen LogP) is 3.30. The highest BCUT2D eigenvalue weighted by atomic mass is 16.1. The van der Waals surface area contributed by atoms with Gasteiger partial charge in [0, 0.05) is 31.9 Å². The van der Waals surface area contributed by atoms with Gasteiger partial charge in [0.1, 0.15) is 5.52 Å². The first kappa shape index (κ1) is 18.6. The van der Waals surface area contributed by atoms with Crippen LogP contribution in [-0.4, -0.2) is 32.2 Å². The first-order chi connectivity index (χ1) is 13.6. The quantitative estimate of drug-likeness (QED) is 0.740. The molecule has 1 aliphatic rings. The molecule has 0 radical (unpaired) electrons. The summed E-state index contributed by atoms with van der Waals surface area (Å²) in [4.78, 5) is 21.1. The largest absolute Gasteiger partial charge is 0.356 e. The molecule has 1 saturated carbocycles. The minimum atomic E-state index is 0.108. The van der Waals surface area contributed by atoms with Crippen molar-refractivity contribution in [1.82, 2.24) is 25.1 Å². The number of carbonyl (C=O) groups is 1. The van der Waals surface area contributed by atoms with Gasteiger partial charge < -0.3 is 5.32 Å². The van der Waals surface area contributed by atoms with Crippen LogP contribution in [0.25, 0.3) is 11.2 Å². The zero-order valence-electron chi connectivity index (χ0n) is 16.6. The number of hydrogen-bond donors (Lipinski definition) is 1. The van der Waals surface area contributed by atoms with Crippen molar-refractivity contribution in [3.63, 3.8) is 0 Å². The molecule has 0 bridgehead atoms. The van der Waals surface area contributed by atoms with Gasteiger partial charge in [0.15, 0.2) is 5.65 Å². The van der Waals surface area contributed by atoms with Crippen molar-refractivity contribution in [3.8, 4) is 0 Å². The molecule has 1 aliphatic carbocycles. The molecule has 1 aromatic carbocycles. The topological polar surface area (TPSA) is 72.7 Å². The van der Waals surface area contributed by atoms with Crippen LogP contribution in [0.1, 0.15) is 48.4 Å². The third-order valence-corrected chi connectivity index (χ3v) is 5.79. The van der Waals surface area contributed by atoms with Gasteiger partial charge in [0.2, 0.25) is 5.91 Å². The zero-order chi connectivity index (χ0) is 19.5. The molecule has 1 fully saturated rings. The van der Waals surface area contributed by atoms with Crippen LogP contribution in [0.4, 0.5) is 0 Å². The molecule has 3 aromatic rings. The number of carbonyl (C=O) groups excluding carboxylic acids is 1. The van der Waals surface area contributed by atoms with Crippen LogP contribution < -0.4 is 5.32 Å². The summed E-state index contributed by atoms with van der Waals surface area (Å²) in [6.07, 6.45) is 8.28. The van der Waals surface area contributed by atoms with E-state index in [1.165, 1.54) is 5.56 Å². The monoisotopic (exact) mass is 377 g/mol. The molecule has 4 rings (SSSR count). The lowest BCUT2D eigenvalue weighted by atomic mass is 9.80. The second kappa shape index (κ2) is 8.09. The average molecular weight is 377 g/mol. The van der Waals surface area contributed by atoms with Gasteiger partial charge in [-0.3, -0.25) is 4.79 Å². The fourth-order valence-corrected chi connectivity index (χ4v) is 4.13.